The quantitative estimate of drug-likeness (QED) is 0.468. The third kappa shape index (κ3) is 6.76. The highest BCUT2D eigenvalue weighted by Crippen LogP contribution is 2.24. The van der Waals surface area contributed by atoms with Gasteiger partial charge in [0.05, 0.1) is 16.8 Å². The first-order chi connectivity index (χ1) is 16.2. The van der Waals surface area contributed by atoms with E-state index in [1.54, 1.807) is 39.0 Å². The molecule has 0 aliphatic rings. The summed E-state index contributed by atoms with van der Waals surface area (Å²) in [4.78, 5) is 20.7. The fourth-order valence-corrected chi connectivity index (χ4v) is 5.32. The van der Waals surface area contributed by atoms with Crippen molar-refractivity contribution in [3.05, 3.63) is 71.0 Å². The lowest BCUT2D eigenvalue weighted by Crippen LogP contribution is -2.37. The standard InChI is InChI=1S/C23H27N5O5S2/c1-15-6-11-21(16(2)12-15)28(34(5,30)31)14-22(29)26-19-7-9-20(10-8-19)35(32,33)27-23-24-17(3)13-18(4)25-23/h6-13H,14H2,1-5H3,(H,26,29)(H,24,25,27). The van der Waals surface area contributed by atoms with E-state index in [-0.39, 0.29) is 10.8 Å². The van der Waals surface area contributed by atoms with E-state index in [1.807, 2.05) is 13.0 Å². The highest BCUT2D eigenvalue weighted by Gasteiger charge is 2.23. The van der Waals surface area contributed by atoms with Crippen molar-refractivity contribution >= 4 is 43.3 Å². The van der Waals surface area contributed by atoms with Crippen molar-refractivity contribution in [2.24, 2.45) is 0 Å². The SMILES string of the molecule is Cc1ccc(N(CC(=O)Nc2ccc(S(=O)(=O)Nc3nc(C)cc(C)n3)cc2)S(C)(=O)=O)c(C)c1. The van der Waals surface area contributed by atoms with Gasteiger partial charge in [0.15, 0.2) is 0 Å². The number of rotatable bonds is 8. The van der Waals surface area contributed by atoms with Crippen LogP contribution in [0.4, 0.5) is 17.3 Å². The number of aromatic nitrogens is 2. The Balaban J connectivity index is 1.74. The average Bonchev–Trinajstić information content (AvgIpc) is 2.71. The lowest BCUT2D eigenvalue weighted by molar-refractivity contribution is -0.114. The predicted molar refractivity (Wildman–Crippen MR) is 135 cm³/mol. The molecule has 3 rings (SSSR count). The monoisotopic (exact) mass is 517 g/mol. The molecular formula is C23H27N5O5S2. The zero-order valence-electron chi connectivity index (χ0n) is 20.0. The number of hydrogen-bond acceptors (Lipinski definition) is 7. The van der Waals surface area contributed by atoms with E-state index in [0.29, 0.717) is 22.8 Å². The summed E-state index contributed by atoms with van der Waals surface area (Å²) in [6.45, 7) is 6.69. The minimum absolute atomic E-state index is 0.0351. The summed E-state index contributed by atoms with van der Waals surface area (Å²) in [6.07, 6.45) is 1.03. The van der Waals surface area contributed by atoms with E-state index < -0.39 is 32.5 Å². The fraction of sp³-hybridized carbons (Fsp3) is 0.261. The van der Waals surface area contributed by atoms with Gasteiger partial charge >= 0.3 is 0 Å². The Hall–Kier alpha value is -3.51. The summed E-state index contributed by atoms with van der Waals surface area (Å²) < 4.78 is 53.4. The summed E-state index contributed by atoms with van der Waals surface area (Å²) in [7, 11) is -7.68. The normalized spacial score (nSPS) is 11.7. The van der Waals surface area contributed by atoms with Gasteiger partial charge in [-0.05, 0) is 69.7 Å². The molecule has 0 saturated heterocycles. The van der Waals surface area contributed by atoms with Crippen LogP contribution in [0.5, 0.6) is 0 Å². The molecule has 1 heterocycles. The number of nitrogens with one attached hydrogen (secondary N) is 2. The fourth-order valence-electron chi connectivity index (χ4n) is 3.47. The van der Waals surface area contributed by atoms with Crippen molar-refractivity contribution in [1.82, 2.24) is 9.97 Å². The number of nitrogens with zero attached hydrogens (tertiary/aromatic N) is 3. The molecule has 2 aromatic carbocycles. The maximum absolute atomic E-state index is 12.7. The number of amides is 1. The first-order valence-corrected chi connectivity index (χ1v) is 13.9. The van der Waals surface area contributed by atoms with E-state index in [9.17, 15) is 21.6 Å². The van der Waals surface area contributed by atoms with Gasteiger partial charge in [0.25, 0.3) is 10.0 Å². The van der Waals surface area contributed by atoms with Crippen LogP contribution in [0.1, 0.15) is 22.5 Å². The highest BCUT2D eigenvalue weighted by atomic mass is 32.2. The van der Waals surface area contributed by atoms with E-state index in [1.165, 1.54) is 24.3 Å². The molecule has 0 aliphatic heterocycles. The van der Waals surface area contributed by atoms with Crippen molar-refractivity contribution in [1.29, 1.82) is 0 Å². The third-order valence-corrected chi connectivity index (χ3v) is 7.44. The summed E-state index contributed by atoms with van der Waals surface area (Å²) >= 11 is 0. The number of carbonyl (C=O) groups excluding carboxylic acids is 1. The summed E-state index contributed by atoms with van der Waals surface area (Å²) in [5, 5.41) is 2.60. The predicted octanol–water partition coefficient (Wildman–Crippen LogP) is 2.92. The van der Waals surface area contributed by atoms with Crippen molar-refractivity contribution in [2.75, 3.05) is 27.1 Å². The molecule has 0 saturated carbocycles. The van der Waals surface area contributed by atoms with Crippen molar-refractivity contribution in [3.63, 3.8) is 0 Å². The van der Waals surface area contributed by atoms with Crippen LogP contribution in [-0.4, -0.2) is 45.5 Å². The Bertz CT molecular complexity index is 1450. The Morgan fingerprint density at radius 2 is 1.49 bits per heavy atom. The van der Waals surface area contributed by atoms with E-state index in [4.69, 9.17) is 0 Å². The Morgan fingerprint density at radius 1 is 0.886 bits per heavy atom. The Morgan fingerprint density at radius 3 is 2.03 bits per heavy atom. The highest BCUT2D eigenvalue weighted by molar-refractivity contribution is 7.92. The first kappa shape index (κ1) is 26.1. The lowest BCUT2D eigenvalue weighted by atomic mass is 10.1. The molecule has 2 N–H and O–H groups in total. The Kier molecular flexibility index (Phi) is 7.46. The van der Waals surface area contributed by atoms with Gasteiger partial charge in [0.1, 0.15) is 6.54 Å². The van der Waals surface area contributed by atoms with Crippen LogP contribution in [0.15, 0.2) is 53.4 Å². The van der Waals surface area contributed by atoms with E-state index >= 15 is 0 Å². The summed E-state index contributed by atoms with van der Waals surface area (Å²) in [6, 6.07) is 12.5. The van der Waals surface area contributed by atoms with Crippen LogP contribution >= 0.6 is 0 Å². The second kappa shape index (κ2) is 10.0. The molecule has 1 amide bonds. The van der Waals surface area contributed by atoms with Crippen LogP contribution in [0.2, 0.25) is 0 Å². The molecule has 0 fully saturated rings. The molecule has 35 heavy (non-hydrogen) atoms. The van der Waals surface area contributed by atoms with Gasteiger partial charge in [0, 0.05) is 17.1 Å². The number of anilines is 3. The van der Waals surface area contributed by atoms with Gasteiger partial charge in [-0.2, -0.15) is 0 Å². The molecule has 0 bridgehead atoms. The number of benzene rings is 2. The number of sulfonamides is 2. The first-order valence-electron chi connectivity index (χ1n) is 10.5. The van der Waals surface area contributed by atoms with Gasteiger partial charge in [-0.1, -0.05) is 17.7 Å². The lowest BCUT2D eigenvalue weighted by Gasteiger charge is -2.24. The van der Waals surface area contributed by atoms with Gasteiger partial charge in [0.2, 0.25) is 21.9 Å². The van der Waals surface area contributed by atoms with Crippen molar-refractivity contribution < 1.29 is 21.6 Å². The molecule has 0 atom stereocenters. The average molecular weight is 518 g/mol. The summed E-state index contributed by atoms with van der Waals surface area (Å²) in [5.41, 5.74) is 3.66. The second-order valence-corrected chi connectivity index (χ2v) is 11.8. The molecule has 0 aliphatic carbocycles. The molecule has 0 radical (unpaired) electrons. The Labute approximate surface area is 205 Å². The maximum atomic E-state index is 12.7. The molecule has 1 aromatic heterocycles. The minimum atomic E-state index is -3.95. The van der Waals surface area contributed by atoms with Crippen LogP contribution < -0.4 is 14.3 Å². The molecule has 12 heteroatoms. The topological polar surface area (TPSA) is 138 Å². The van der Waals surface area contributed by atoms with Gasteiger partial charge in [-0.15, -0.1) is 0 Å². The molecule has 0 unspecified atom stereocenters. The number of hydrogen-bond donors (Lipinski definition) is 2. The molecule has 10 nitrogen and oxygen atoms in total. The summed E-state index contributed by atoms with van der Waals surface area (Å²) in [5.74, 6) is -0.611. The van der Waals surface area contributed by atoms with Crippen LogP contribution in [0.25, 0.3) is 0 Å². The van der Waals surface area contributed by atoms with Gasteiger partial charge in [-0.3, -0.25) is 9.10 Å². The van der Waals surface area contributed by atoms with Crippen LogP contribution in [0, 0.1) is 27.7 Å². The van der Waals surface area contributed by atoms with Crippen molar-refractivity contribution in [3.8, 4) is 0 Å². The van der Waals surface area contributed by atoms with Crippen LogP contribution in [-0.2, 0) is 24.8 Å². The van der Waals surface area contributed by atoms with E-state index in [0.717, 1.165) is 21.7 Å². The largest absolute Gasteiger partial charge is 0.325 e. The minimum Gasteiger partial charge on any atom is -0.325 e. The smallest absolute Gasteiger partial charge is 0.264 e. The van der Waals surface area contributed by atoms with Gasteiger partial charge < -0.3 is 5.32 Å². The van der Waals surface area contributed by atoms with E-state index in [2.05, 4.69) is 20.0 Å². The maximum Gasteiger partial charge on any atom is 0.264 e. The second-order valence-electron chi connectivity index (χ2n) is 8.21. The van der Waals surface area contributed by atoms with Gasteiger partial charge in [-0.25, -0.2) is 31.5 Å². The zero-order chi connectivity index (χ0) is 26.0. The molecule has 186 valence electrons. The third-order valence-electron chi connectivity index (χ3n) is 4.96. The molecule has 0 spiro atoms. The van der Waals surface area contributed by atoms with Crippen LogP contribution in [0.3, 0.4) is 0 Å². The number of aryl methyl sites for hydroxylation is 4. The molecule has 3 aromatic rings. The number of carbonyl (C=O) groups is 1. The van der Waals surface area contributed by atoms with Crippen molar-refractivity contribution in [2.45, 2.75) is 32.6 Å². The zero-order valence-corrected chi connectivity index (χ0v) is 21.7. The molecular weight excluding hydrogens is 490 g/mol.